The summed E-state index contributed by atoms with van der Waals surface area (Å²) < 4.78 is 1.95. The van der Waals surface area contributed by atoms with Crippen LogP contribution in [0.2, 0.25) is 0 Å². The van der Waals surface area contributed by atoms with Gasteiger partial charge in [0, 0.05) is 17.3 Å². The molecule has 1 heterocycles. The van der Waals surface area contributed by atoms with E-state index in [1.807, 2.05) is 18.5 Å². The van der Waals surface area contributed by atoms with E-state index in [2.05, 4.69) is 18.9 Å². The lowest BCUT2D eigenvalue weighted by Gasteiger charge is -2.12. The third kappa shape index (κ3) is 2.38. The minimum Gasteiger partial charge on any atom is -0.388 e. The molecule has 0 amide bonds. The minimum atomic E-state index is -0.484. The molecule has 86 valence electrons. The second-order valence-corrected chi connectivity index (χ2v) is 4.22. The van der Waals surface area contributed by atoms with Crippen molar-refractivity contribution in [2.24, 2.45) is 5.73 Å². The van der Waals surface area contributed by atoms with Gasteiger partial charge in [-0.15, -0.1) is 0 Å². The molecular formula is C11H21N3O. The van der Waals surface area contributed by atoms with Gasteiger partial charge in [0.25, 0.3) is 0 Å². The summed E-state index contributed by atoms with van der Waals surface area (Å²) in [5.74, 6) is 0. The number of nitrogens with zero attached hydrogens (tertiary/aromatic N) is 2. The molecule has 15 heavy (non-hydrogen) atoms. The van der Waals surface area contributed by atoms with Gasteiger partial charge in [-0.1, -0.05) is 0 Å². The van der Waals surface area contributed by atoms with Crippen molar-refractivity contribution >= 4 is 0 Å². The van der Waals surface area contributed by atoms with Gasteiger partial charge >= 0.3 is 0 Å². The Morgan fingerprint density at radius 2 is 2.00 bits per heavy atom. The van der Waals surface area contributed by atoms with Gasteiger partial charge in [-0.3, -0.25) is 4.68 Å². The number of aliphatic hydroxyl groups is 1. The van der Waals surface area contributed by atoms with Crippen molar-refractivity contribution in [3.63, 3.8) is 0 Å². The maximum Gasteiger partial charge on any atom is 0.0837 e. The summed E-state index contributed by atoms with van der Waals surface area (Å²) in [6, 6.07) is 0.322. The summed E-state index contributed by atoms with van der Waals surface area (Å²) in [5, 5.41) is 14.4. The number of hydrogen-bond acceptors (Lipinski definition) is 3. The Morgan fingerprint density at radius 1 is 1.40 bits per heavy atom. The van der Waals surface area contributed by atoms with Crippen LogP contribution in [0.25, 0.3) is 0 Å². The lowest BCUT2D eigenvalue weighted by Crippen LogP contribution is -2.09. The van der Waals surface area contributed by atoms with Crippen molar-refractivity contribution in [1.82, 2.24) is 9.78 Å². The molecule has 1 atom stereocenters. The van der Waals surface area contributed by atoms with Crippen molar-refractivity contribution in [1.29, 1.82) is 0 Å². The maximum atomic E-state index is 9.94. The number of nitrogens with two attached hydrogens (primary N) is 1. The molecule has 1 aromatic heterocycles. The molecule has 1 aromatic rings. The van der Waals surface area contributed by atoms with Gasteiger partial charge in [-0.25, -0.2) is 0 Å². The highest BCUT2D eigenvalue weighted by atomic mass is 16.3. The Kier molecular flexibility index (Phi) is 3.88. The molecule has 0 radical (unpaired) electrons. The van der Waals surface area contributed by atoms with E-state index in [1.54, 1.807) is 0 Å². The smallest absolute Gasteiger partial charge is 0.0837 e. The fraction of sp³-hybridized carbons (Fsp3) is 0.727. The Labute approximate surface area is 91.1 Å². The number of rotatable bonds is 4. The first-order valence-electron chi connectivity index (χ1n) is 5.42. The van der Waals surface area contributed by atoms with Crippen LogP contribution in [0.3, 0.4) is 0 Å². The molecule has 0 aliphatic carbocycles. The van der Waals surface area contributed by atoms with Gasteiger partial charge in [-0.2, -0.15) is 5.10 Å². The van der Waals surface area contributed by atoms with Crippen molar-refractivity contribution in [2.75, 3.05) is 6.54 Å². The van der Waals surface area contributed by atoms with Gasteiger partial charge in [0.05, 0.1) is 11.8 Å². The zero-order chi connectivity index (χ0) is 11.6. The van der Waals surface area contributed by atoms with E-state index < -0.39 is 6.10 Å². The topological polar surface area (TPSA) is 64.1 Å². The average Bonchev–Trinajstić information content (AvgIpc) is 2.42. The second kappa shape index (κ2) is 4.77. The lowest BCUT2D eigenvalue weighted by atomic mass is 10.0. The van der Waals surface area contributed by atoms with E-state index >= 15 is 0 Å². The average molecular weight is 211 g/mol. The number of aliphatic hydroxyl groups excluding tert-OH is 1. The highest BCUT2D eigenvalue weighted by molar-refractivity contribution is 5.27. The molecule has 0 spiro atoms. The summed E-state index contributed by atoms with van der Waals surface area (Å²) in [4.78, 5) is 0. The third-order valence-corrected chi connectivity index (χ3v) is 2.64. The molecule has 0 bridgehead atoms. The quantitative estimate of drug-likeness (QED) is 0.792. The highest BCUT2D eigenvalue weighted by Crippen LogP contribution is 2.25. The van der Waals surface area contributed by atoms with Crippen LogP contribution < -0.4 is 5.73 Å². The first-order valence-corrected chi connectivity index (χ1v) is 5.42. The van der Waals surface area contributed by atoms with Crippen molar-refractivity contribution in [3.05, 3.63) is 17.0 Å². The summed E-state index contributed by atoms with van der Waals surface area (Å²) in [6.07, 6.45) is 0.105. The highest BCUT2D eigenvalue weighted by Gasteiger charge is 2.19. The molecule has 0 aliphatic rings. The number of hydrogen-bond donors (Lipinski definition) is 2. The largest absolute Gasteiger partial charge is 0.388 e. The molecule has 3 N–H and O–H groups in total. The monoisotopic (exact) mass is 211 g/mol. The van der Waals surface area contributed by atoms with Gasteiger partial charge in [0.1, 0.15) is 0 Å². The van der Waals surface area contributed by atoms with Crippen molar-refractivity contribution in [3.8, 4) is 0 Å². The predicted molar refractivity (Wildman–Crippen MR) is 60.7 cm³/mol. The van der Waals surface area contributed by atoms with Crippen LogP contribution in [0.15, 0.2) is 0 Å². The summed E-state index contributed by atoms with van der Waals surface area (Å²) in [5.41, 5.74) is 8.33. The van der Waals surface area contributed by atoms with Crippen LogP contribution in [0.4, 0.5) is 0 Å². The standard InChI is InChI=1S/C11H21N3O/c1-7(2)14-9(4)11(8(3)13-14)10(15)5-6-12/h7,10,15H,5-6,12H2,1-4H3. The van der Waals surface area contributed by atoms with Gasteiger partial charge in [0.15, 0.2) is 0 Å². The van der Waals surface area contributed by atoms with E-state index in [-0.39, 0.29) is 0 Å². The van der Waals surface area contributed by atoms with E-state index in [0.717, 1.165) is 17.0 Å². The summed E-state index contributed by atoms with van der Waals surface area (Å²) in [7, 11) is 0. The molecule has 0 aromatic carbocycles. The second-order valence-electron chi connectivity index (χ2n) is 4.22. The zero-order valence-corrected chi connectivity index (χ0v) is 9.99. The number of aromatic nitrogens is 2. The molecule has 4 nitrogen and oxygen atoms in total. The minimum absolute atomic E-state index is 0.322. The molecular weight excluding hydrogens is 190 g/mol. The maximum absolute atomic E-state index is 9.94. The molecule has 0 saturated heterocycles. The molecule has 1 unspecified atom stereocenters. The predicted octanol–water partition coefficient (Wildman–Crippen LogP) is 1.46. The van der Waals surface area contributed by atoms with Crippen LogP contribution in [-0.2, 0) is 0 Å². The van der Waals surface area contributed by atoms with Crippen LogP contribution >= 0.6 is 0 Å². The zero-order valence-electron chi connectivity index (χ0n) is 9.99. The third-order valence-electron chi connectivity index (χ3n) is 2.64. The van der Waals surface area contributed by atoms with E-state index in [4.69, 9.17) is 5.73 Å². The van der Waals surface area contributed by atoms with Crippen LogP contribution in [-0.4, -0.2) is 21.4 Å². The van der Waals surface area contributed by atoms with Crippen LogP contribution in [0.5, 0.6) is 0 Å². The first-order chi connectivity index (χ1) is 6.99. The molecule has 4 heteroatoms. The van der Waals surface area contributed by atoms with Crippen molar-refractivity contribution in [2.45, 2.75) is 46.3 Å². The Hall–Kier alpha value is -0.870. The Bertz CT molecular complexity index is 331. The first kappa shape index (κ1) is 12.2. The van der Waals surface area contributed by atoms with E-state index in [9.17, 15) is 5.11 Å². The van der Waals surface area contributed by atoms with Gasteiger partial charge in [0.2, 0.25) is 0 Å². The molecule has 0 saturated carbocycles. The fourth-order valence-corrected chi connectivity index (χ4v) is 1.96. The number of aryl methyl sites for hydroxylation is 1. The van der Waals surface area contributed by atoms with E-state index in [1.165, 1.54) is 0 Å². The summed E-state index contributed by atoms with van der Waals surface area (Å²) in [6.45, 7) is 8.58. The Morgan fingerprint density at radius 3 is 2.40 bits per heavy atom. The summed E-state index contributed by atoms with van der Waals surface area (Å²) >= 11 is 0. The molecule has 1 rings (SSSR count). The van der Waals surface area contributed by atoms with E-state index in [0.29, 0.717) is 19.0 Å². The van der Waals surface area contributed by atoms with Crippen molar-refractivity contribution < 1.29 is 5.11 Å². The van der Waals surface area contributed by atoms with Gasteiger partial charge < -0.3 is 10.8 Å². The SMILES string of the molecule is Cc1nn(C(C)C)c(C)c1C(O)CCN. The Balaban J connectivity index is 3.07. The molecule has 0 aliphatic heterocycles. The van der Waals surface area contributed by atoms with Crippen LogP contribution in [0.1, 0.15) is 49.4 Å². The fourth-order valence-electron chi connectivity index (χ4n) is 1.96. The normalized spacial score (nSPS) is 13.5. The lowest BCUT2D eigenvalue weighted by molar-refractivity contribution is 0.168. The van der Waals surface area contributed by atoms with Gasteiger partial charge in [-0.05, 0) is 40.7 Å². The van der Waals surface area contributed by atoms with Crippen LogP contribution in [0, 0.1) is 13.8 Å². The molecule has 0 fully saturated rings.